The van der Waals surface area contributed by atoms with Gasteiger partial charge in [-0.15, -0.1) is 0 Å². The third-order valence-corrected chi connectivity index (χ3v) is 11.6. The first-order valence-electron chi connectivity index (χ1n) is 25.4. The molecule has 0 saturated carbocycles. The third-order valence-electron chi connectivity index (χ3n) is 10.6. The lowest BCUT2D eigenvalue weighted by Gasteiger charge is -2.15. The molecule has 0 aliphatic heterocycles. The molecule has 3 N–H and O–H groups in total. The average molecular weight is 904 g/mol. The molecular weight excluding hydrogens is 810 g/mol. The van der Waals surface area contributed by atoms with Gasteiger partial charge in [0.1, 0.15) is 12.7 Å². The lowest BCUT2D eigenvalue weighted by atomic mass is 10.0. The number of hydrogen-bond donors (Lipinski definition) is 3. The van der Waals surface area contributed by atoms with Gasteiger partial charge in [-0.25, -0.2) is 4.57 Å². The number of phosphoric ester groups is 1. The van der Waals surface area contributed by atoms with E-state index in [1.54, 1.807) is 0 Å². The molecule has 1 amide bonds. The van der Waals surface area contributed by atoms with Gasteiger partial charge in [-0.1, -0.05) is 189 Å². The standard InChI is InChI=1S/C53H94NO8P/c1-3-5-7-9-11-13-15-17-19-21-23-24-25-26-28-29-31-33-35-37-39-41-43-45-52(56)54-47-48-61-63(58,59)62-50-51(55)49-60-53(57)46-44-42-40-38-36-34-32-30-27-22-20-18-16-14-12-10-8-6-4-2/h11-14,17-20,23-24,27,30,51,55H,3-10,15-16,21-22,25-26,28-29,31-50H2,1-2H3,(H,54,56)(H,58,59)/b13-11-,14-12-,19-17-,20-18-,24-23-,30-27-. The summed E-state index contributed by atoms with van der Waals surface area (Å²) in [5.74, 6) is -0.534. The number of carbonyl (C=O) groups excluding carboxylic acids is 2. The average Bonchev–Trinajstić information content (AvgIpc) is 3.27. The van der Waals surface area contributed by atoms with Crippen molar-refractivity contribution in [2.24, 2.45) is 0 Å². The molecule has 0 aromatic carbocycles. The summed E-state index contributed by atoms with van der Waals surface area (Å²) >= 11 is 0. The SMILES string of the molecule is CCCCC/C=C\C/C=C\C/C=C\CCCCCCCCCCCCC(=O)NCCOP(=O)(O)OCC(O)COC(=O)CCCCCCCC/C=C\C/C=C\C/C=C\CCCCC. The predicted molar refractivity (Wildman–Crippen MR) is 266 cm³/mol. The topological polar surface area (TPSA) is 131 Å². The van der Waals surface area contributed by atoms with Crippen LogP contribution in [0.2, 0.25) is 0 Å². The van der Waals surface area contributed by atoms with Crippen molar-refractivity contribution < 1.29 is 37.9 Å². The van der Waals surface area contributed by atoms with Crippen LogP contribution in [0.5, 0.6) is 0 Å². The summed E-state index contributed by atoms with van der Waals surface area (Å²) in [6.45, 7) is 3.49. The van der Waals surface area contributed by atoms with Gasteiger partial charge in [0.25, 0.3) is 0 Å². The van der Waals surface area contributed by atoms with Gasteiger partial charge in [-0.2, -0.15) is 0 Å². The molecule has 2 atom stereocenters. The van der Waals surface area contributed by atoms with Gasteiger partial charge in [0.2, 0.25) is 5.91 Å². The Bertz CT molecular complexity index is 1260. The van der Waals surface area contributed by atoms with E-state index in [1.807, 2.05) is 0 Å². The van der Waals surface area contributed by atoms with E-state index in [0.717, 1.165) is 77.0 Å². The van der Waals surface area contributed by atoms with Crippen molar-refractivity contribution in [3.63, 3.8) is 0 Å². The minimum atomic E-state index is -4.43. The number of aliphatic hydroxyl groups is 1. The number of unbranched alkanes of at least 4 members (excludes halogenated alkanes) is 22. The molecule has 63 heavy (non-hydrogen) atoms. The zero-order valence-electron chi connectivity index (χ0n) is 40.3. The first-order chi connectivity index (χ1) is 30.8. The molecule has 10 heteroatoms. The van der Waals surface area contributed by atoms with Crippen LogP contribution in [0.25, 0.3) is 0 Å². The zero-order valence-corrected chi connectivity index (χ0v) is 41.1. The maximum Gasteiger partial charge on any atom is 0.472 e. The number of allylic oxidation sites excluding steroid dienone is 12. The Labute approximate surface area is 386 Å². The minimum absolute atomic E-state index is 0.0746. The Kier molecular flexibility index (Phi) is 46.9. The van der Waals surface area contributed by atoms with Gasteiger partial charge in [-0.3, -0.25) is 18.6 Å². The van der Waals surface area contributed by atoms with Crippen LogP contribution in [-0.2, 0) is 27.9 Å². The van der Waals surface area contributed by atoms with E-state index in [-0.39, 0.29) is 32.1 Å². The molecule has 0 aromatic heterocycles. The fraction of sp³-hybridized carbons (Fsp3) is 0.736. The molecular formula is C53H94NO8P. The van der Waals surface area contributed by atoms with Crippen molar-refractivity contribution in [1.29, 1.82) is 0 Å². The highest BCUT2D eigenvalue weighted by Gasteiger charge is 2.23. The zero-order chi connectivity index (χ0) is 46.0. The van der Waals surface area contributed by atoms with Crippen molar-refractivity contribution in [2.75, 3.05) is 26.4 Å². The molecule has 0 aliphatic rings. The number of phosphoric acid groups is 1. The second-order valence-corrected chi connectivity index (χ2v) is 18.2. The smallest absolute Gasteiger partial charge is 0.463 e. The molecule has 0 radical (unpaired) electrons. The second-order valence-electron chi connectivity index (χ2n) is 16.8. The monoisotopic (exact) mass is 904 g/mol. The molecule has 364 valence electrons. The molecule has 0 spiro atoms. The van der Waals surface area contributed by atoms with E-state index >= 15 is 0 Å². The number of rotatable bonds is 47. The lowest BCUT2D eigenvalue weighted by Crippen LogP contribution is -2.27. The summed E-state index contributed by atoms with van der Waals surface area (Å²) in [6, 6.07) is 0. The Morgan fingerprint density at radius 3 is 1.29 bits per heavy atom. The van der Waals surface area contributed by atoms with E-state index in [9.17, 15) is 24.2 Å². The first kappa shape index (κ1) is 60.5. The Morgan fingerprint density at radius 2 is 0.857 bits per heavy atom. The van der Waals surface area contributed by atoms with Crippen LogP contribution in [0.4, 0.5) is 0 Å². The number of amides is 1. The van der Waals surface area contributed by atoms with Crippen LogP contribution in [0.15, 0.2) is 72.9 Å². The van der Waals surface area contributed by atoms with Gasteiger partial charge < -0.3 is 20.1 Å². The maximum absolute atomic E-state index is 12.1. The third kappa shape index (κ3) is 50.3. The molecule has 0 rings (SSSR count). The van der Waals surface area contributed by atoms with Crippen molar-refractivity contribution in [3.8, 4) is 0 Å². The highest BCUT2D eigenvalue weighted by molar-refractivity contribution is 7.47. The largest absolute Gasteiger partial charge is 0.472 e. The van der Waals surface area contributed by atoms with E-state index in [4.69, 9.17) is 13.8 Å². The second kappa shape index (κ2) is 48.9. The number of aliphatic hydroxyl groups excluding tert-OH is 1. The molecule has 9 nitrogen and oxygen atoms in total. The van der Waals surface area contributed by atoms with Gasteiger partial charge in [0, 0.05) is 19.4 Å². The predicted octanol–water partition coefficient (Wildman–Crippen LogP) is 15.0. The summed E-state index contributed by atoms with van der Waals surface area (Å²) in [5.41, 5.74) is 0. The number of hydrogen-bond acceptors (Lipinski definition) is 7. The van der Waals surface area contributed by atoms with Gasteiger partial charge in [0.15, 0.2) is 0 Å². The van der Waals surface area contributed by atoms with E-state index < -0.39 is 26.5 Å². The Morgan fingerprint density at radius 1 is 0.492 bits per heavy atom. The molecule has 0 saturated heterocycles. The number of nitrogens with one attached hydrogen (secondary N) is 1. The Balaban J connectivity index is 3.60. The fourth-order valence-corrected chi connectivity index (χ4v) is 7.50. The number of carbonyl (C=O) groups is 2. The highest BCUT2D eigenvalue weighted by Crippen LogP contribution is 2.42. The normalized spacial score (nSPS) is 13.8. The van der Waals surface area contributed by atoms with Crippen molar-refractivity contribution in [1.82, 2.24) is 5.32 Å². The summed E-state index contributed by atoms with van der Waals surface area (Å²) < 4.78 is 27.0. The summed E-state index contributed by atoms with van der Waals surface area (Å²) in [5, 5.41) is 12.7. The van der Waals surface area contributed by atoms with Crippen LogP contribution in [0, 0.1) is 0 Å². The minimum Gasteiger partial charge on any atom is -0.463 e. The fourth-order valence-electron chi connectivity index (χ4n) is 6.75. The van der Waals surface area contributed by atoms with Crippen LogP contribution in [-0.4, -0.2) is 54.3 Å². The quantitative estimate of drug-likeness (QED) is 0.0238. The molecule has 0 heterocycles. The summed E-state index contributed by atoms with van der Waals surface area (Å²) in [4.78, 5) is 34.1. The molecule has 0 fully saturated rings. The van der Waals surface area contributed by atoms with Crippen molar-refractivity contribution in [3.05, 3.63) is 72.9 Å². The molecule has 0 aromatic rings. The first-order valence-corrected chi connectivity index (χ1v) is 26.9. The van der Waals surface area contributed by atoms with Crippen LogP contribution in [0.3, 0.4) is 0 Å². The number of ether oxygens (including phenoxy) is 1. The summed E-state index contributed by atoms with van der Waals surface area (Å²) in [7, 11) is -4.43. The van der Waals surface area contributed by atoms with Crippen LogP contribution >= 0.6 is 7.82 Å². The van der Waals surface area contributed by atoms with Crippen molar-refractivity contribution >= 4 is 19.7 Å². The highest BCUT2D eigenvalue weighted by atomic mass is 31.2. The van der Waals surface area contributed by atoms with Gasteiger partial charge in [0.05, 0.1) is 13.2 Å². The van der Waals surface area contributed by atoms with Crippen LogP contribution in [0.1, 0.15) is 219 Å². The van der Waals surface area contributed by atoms with Crippen LogP contribution < -0.4 is 5.32 Å². The Hall–Kier alpha value is -2.55. The number of esters is 1. The van der Waals surface area contributed by atoms with Gasteiger partial charge in [-0.05, 0) is 89.9 Å². The van der Waals surface area contributed by atoms with E-state index in [0.29, 0.717) is 6.42 Å². The van der Waals surface area contributed by atoms with Crippen molar-refractivity contribution in [2.45, 2.75) is 225 Å². The van der Waals surface area contributed by atoms with Gasteiger partial charge >= 0.3 is 13.8 Å². The van der Waals surface area contributed by atoms with E-state index in [1.165, 1.54) is 116 Å². The maximum atomic E-state index is 12.1. The lowest BCUT2D eigenvalue weighted by molar-refractivity contribution is -0.147. The molecule has 0 aliphatic carbocycles. The van der Waals surface area contributed by atoms with E-state index in [2.05, 4.69) is 92.1 Å². The molecule has 2 unspecified atom stereocenters. The summed E-state index contributed by atoms with van der Waals surface area (Å²) in [6.07, 6.45) is 61.2. The molecule has 0 bridgehead atoms.